The monoisotopic (exact) mass is 228 g/mol. The second-order valence-corrected chi connectivity index (χ2v) is 3.84. The third-order valence-corrected chi connectivity index (χ3v) is 2.60. The van der Waals surface area contributed by atoms with Gasteiger partial charge in [-0.3, -0.25) is 9.59 Å². The van der Waals surface area contributed by atoms with Crippen LogP contribution in [0.4, 0.5) is 0 Å². The Morgan fingerprint density at radius 1 is 1.44 bits per heavy atom. The van der Waals surface area contributed by atoms with Crippen molar-refractivity contribution in [3.05, 3.63) is 12.8 Å². The maximum atomic E-state index is 10.5. The molecule has 0 radical (unpaired) electrons. The van der Waals surface area contributed by atoms with Gasteiger partial charge in [-0.05, 0) is 19.3 Å². The molecule has 1 heterocycles. The smallest absolute Gasteiger partial charge is 0.307 e. The SMILES string of the molecule is C=COC(C)=O.O=C(O)C1CCC2OC2C1. The van der Waals surface area contributed by atoms with Gasteiger partial charge in [-0.15, -0.1) is 0 Å². The summed E-state index contributed by atoms with van der Waals surface area (Å²) in [5, 5.41) is 8.62. The number of carboxylic acid groups (broad SMARTS) is 1. The summed E-state index contributed by atoms with van der Waals surface area (Å²) in [6, 6.07) is 0. The van der Waals surface area contributed by atoms with Crippen molar-refractivity contribution in [2.24, 2.45) is 5.92 Å². The van der Waals surface area contributed by atoms with Crippen LogP contribution in [0.2, 0.25) is 0 Å². The lowest BCUT2D eigenvalue weighted by Gasteiger charge is -2.12. The van der Waals surface area contributed by atoms with Crippen LogP contribution >= 0.6 is 0 Å². The minimum atomic E-state index is -0.658. The van der Waals surface area contributed by atoms with E-state index in [0.717, 1.165) is 25.5 Å². The van der Waals surface area contributed by atoms with Crippen LogP contribution in [0, 0.1) is 5.92 Å². The molecule has 3 unspecified atom stereocenters. The zero-order valence-electron chi connectivity index (χ0n) is 9.22. The van der Waals surface area contributed by atoms with Gasteiger partial charge in [0.15, 0.2) is 0 Å². The number of epoxide rings is 1. The fraction of sp³-hybridized carbons (Fsp3) is 0.636. The highest BCUT2D eigenvalue weighted by Crippen LogP contribution is 2.39. The van der Waals surface area contributed by atoms with Crippen molar-refractivity contribution in [1.82, 2.24) is 0 Å². The number of carbonyl (C=O) groups is 2. The first-order chi connectivity index (χ1) is 7.54. The van der Waals surface area contributed by atoms with Crippen LogP contribution in [0.5, 0.6) is 0 Å². The van der Waals surface area contributed by atoms with E-state index in [2.05, 4.69) is 11.3 Å². The number of hydrogen-bond donors (Lipinski definition) is 1. The minimum absolute atomic E-state index is 0.135. The number of rotatable bonds is 2. The number of ether oxygens (including phenoxy) is 2. The van der Waals surface area contributed by atoms with Gasteiger partial charge in [0.1, 0.15) is 0 Å². The maximum Gasteiger partial charge on any atom is 0.307 e. The Kier molecular flexibility index (Phi) is 4.49. The van der Waals surface area contributed by atoms with E-state index in [-0.39, 0.29) is 18.0 Å². The topological polar surface area (TPSA) is 76.1 Å². The van der Waals surface area contributed by atoms with Gasteiger partial charge in [-0.1, -0.05) is 6.58 Å². The second-order valence-electron chi connectivity index (χ2n) is 3.84. The third-order valence-electron chi connectivity index (χ3n) is 2.60. The zero-order chi connectivity index (χ0) is 12.1. The van der Waals surface area contributed by atoms with Crippen molar-refractivity contribution in [2.45, 2.75) is 38.4 Å². The first-order valence-electron chi connectivity index (χ1n) is 5.21. The molecule has 1 N–H and O–H groups in total. The molecule has 0 spiro atoms. The number of fused-ring (bicyclic) bond motifs is 1. The van der Waals surface area contributed by atoms with Crippen molar-refractivity contribution < 1.29 is 24.2 Å². The van der Waals surface area contributed by atoms with Crippen molar-refractivity contribution in [3.8, 4) is 0 Å². The van der Waals surface area contributed by atoms with Gasteiger partial charge < -0.3 is 14.6 Å². The molecule has 90 valence electrons. The van der Waals surface area contributed by atoms with Crippen LogP contribution in [0.3, 0.4) is 0 Å². The summed E-state index contributed by atoms with van der Waals surface area (Å²) in [6.45, 7) is 4.48. The van der Waals surface area contributed by atoms with E-state index in [0.29, 0.717) is 6.10 Å². The quantitative estimate of drug-likeness (QED) is 0.438. The Balaban J connectivity index is 0.000000187. The van der Waals surface area contributed by atoms with Crippen molar-refractivity contribution >= 4 is 11.9 Å². The number of aliphatic carboxylic acids is 1. The van der Waals surface area contributed by atoms with E-state index in [1.807, 2.05) is 0 Å². The lowest BCUT2D eigenvalue weighted by molar-refractivity contribution is -0.142. The summed E-state index contributed by atoms with van der Waals surface area (Å²) >= 11 is 0. The summed E-state index contributed by atoms with van der Waals surface area (Å²) in [6.07, 6.45) is 4.28. The van der Waals surface area contributed by atoms with Gasteiger partial charge in [0.2, 0.25) is 0 Å². The molecule has 1 aliphatic heterocycles. The van der Waals surface area contributed by atoms with Crippen LogP contribution in [0.1, 0.15) is 26.2 Å². The van der Waals surface area contributed by atoms with Crippen LogP contribution in [-0.4, -0.2) is 29.3 Å². The summed E-state index contributed by atoms with van der Waals surface area (Å²) in [5.74, 6) is -1.12. The molecule has 0 amide bonds. The van der Waals surface area contributed by atoms with Gasteiger partial charge in [0.25, 0.3) is 0 Å². The molecule has 1 saturated carbocycles. The van der Waals surface area contributed by atoms with Crippen molar-refractivity contribution in [2.75, 3.05) is 0 Å². The third kappa shape index (κ3) is 4.02. The molecule has 5 heteroatoms. The first kappa shape index (κ1) is 12.7. The Morgan fingerprint density at radius 3 is 2.50 bits per heavy atom. The van der Waals surface area contributed by atoms with E-state index in [9.17, 15) is 9.59 Å². The standard InChI is InChI=1S/C7H10O3.C4H6O2/c8-7(9)4-1-2-5-6(3-4)10-5;1-3-6-4(2)5/h4-6H,1-3H2,(H,8,9);3H,1H2,2H3. The van der Waals surface area contributed by atoms with E-state index in [4.69, 9.17) is 9.84 Å². The zero-order valence-corrected chi connectivity index (χ0v) is 9.22. The van der Waals surface area contributed by atoms with Crippen LogP contribution in [-0.2, 0) is 19.1 Å². The largest absolute Gasteiger partial charge is 0.481 e. The Morgan fingerprint density at radius 2 is 2.12 bits per heavy atom. The summed E-state index contributed by atoms with van der Waals surface area (Å²) in [5.41, 5.74) is 0. The highest BCUT2D eigenvalue weighted by atomic mass is 16.6. The fourth-order valence-corrected chi connectivity index (χ4v) is 1.75. The molecule has 3 atom stereocenters. The van der Waals surface area contributed by atoms with Crippen molar-refractivity contribution in [3.63, 3.8) is 0 Å². The molecular formula is C11H16O5. The molecule has 0 aromatic rings. The number of hydrogen-bond acceptors (Lipinski definition) is 4. The van der Waals surface area contributed by atoms with Gasteiger partial charge >= 0.3 is 11.9 Å². The summed E-state index contributed by atoms with van der Waals surface area (Å²) < 4.78 is 9.36. The molecule has 5 nitrogen and oxygen atoms in total. The van der Waals surface area contributed by atoms with Gasteiger partial charge in [0, 0.05) is 6.92 Å². The van der Waals surface area contributed by atoms with E-state index >= 15 is 0 Å². The van der Waals surface area contributed by atoms with Gasteiger partial charge in [-0.25, -0.2) is 0 Å². The lowest BCUT2D eigenvalue weighted by Crippen LogP contribution is -2.21. The lowest BCUT2D eigenvalue weighted by atomic mass is 9.90. The van der Waals surface area contributed by atoms with Crippen molar-refractivity contribution in [1.29, 1.82) is 0 Å². The summed E-state index contributed by atoms with van der Waals surface area (Å²) in [4.78, 5) is 20.2. The number of carbonyl (C=O) groups excluding carboxylic acids is 1. The molecule has 0 aromatic heterocycles. The van der Waals surface area contributed by atoms with E-state index in [1.54, 1.807) is 0 Å². The van der Waals surface area contributed by atoms with E-state index in [1.165, 1.54) is 6.92 Å². The number of carboxylic acids is 1. The van der Waals surface area contributed by atoms with Gasteiger partial charge in [0.05, 0.1) is 24.4 Å². The normalized spacial score (nSPS) is 30.2. The molecule has 2 fully saturated rings. The molecule has 2 rings (SSSR count). The first-order valence-corrected chi connectivity index (χ1v) is 5.21. The molecule has 0 aromatic carbocycles. The van der Waals surface area contributed by atoms with Crippen LogP contribution in [0.15, 0.2) is 12.8 Å². The highest BCUT2D eigenvalue weighted by Gasteiger charge is 2.45. The predicted molar refractivity (Wildman–Crippen MR) is 55.6 cm³/mol. The second kappa shape index (κ2) is 5.65. The highest BCUT2D eigenvalue weighted by molar-refractivity contribution is 5.70. The molecule has 2 aliphatic rings. The Bertz CT molecular complexity index is 286. The Hall–Kier alpha value is -1.36. The maximum absolute atomic E-state index is 10.5. The molecule has 1 saturated heterocycles. The van der Waals surface area contributed by atoms with Crippen LogP contribution in [0.25, 0.3) is 0 Å². The fourth-order valence-electron chi connectivity index (χ4n) is 1.75. The Labute approximate surface area is 94.0 Å². The molecular weight excluding hydrogens is 212 g/mol. The summed E-state index contributed by atoms with van der Waals surface area (Å²) in [7, 11) is 0. The molecule has 1 aliphatic carbocycles. The number of esters is 1. The average Bonchev–Trinajstić information content (AvgIpc) is 2.95. The van der Waals surface area contributed by atoms with Gasteiger partial charge in [-0.2, -0.15) is 0 Å². The predicted octanol–water partition coefficient (Wildman–Crippen LogP) is 1.33. The van der Waals surface area contributed by atoms with Crippen LogP contribution < -0.4 is 0 Å². The molecule has 16 heavy (non-hydrogen) atoms. The minimum Gasteiger partial charge on any atom is -0.481 e. The van der Waals surface area contributed by atoms with E-state index < -0.39 is 5.97 Å². The molecule has 0 bridgehead atoms. The average molecular weight is 228 g/mol.